The Kier molecular flexibility index (Phi) is 6.93. The maximum Gasteiger partial charge on any atom is 0.213 e. The molecule has 3 aromatic heterocycles. The second-order valence-corrected chi connectivity index (χ2v) is 11.9. The van der Waals surface area contributed by atoms with Crippen molar-refractivity contribution in [1.82, 2.24) is 25.0 Å². The normalized spacial score (nSPS) is 15.1. The molecule has 39 heavy (non-hydrogen) atoms. The SMILES string of the molecule is CCC1(n2cc(C(Nc3cc(Cl)c4ncc(C#N)c(NCC(C)(C)C)c4c3)c3ccc(F)nc3C)nn2)CC1. The number of hydrogen-bond donors (Lipinski definition) is 2. The summed E-state index contributed by atoms with van der Waals surface area (Å²) in [5, 5.41) is 26.9. The van der Waals surface area contributed by atoms with Crippen molar-refractivity contribution in [3.8, 4) is 6.07 Å². The highest BCUT2D eigenvalue weighted by molar-refractivity contribution is 6.35. The predicted molar refractivity (Wildman–Crippen MR) is 151 cm³/mol. The summed E-state index contributed by atoms with van der Waals surface area (Å²) in [6.07, 6.45) is 6.62. The molecule has 1 unspecified atom stereocenters. The highest BCUT2D eigenvalue weighted by Crippen LogP contribution is 2.46. The molecule has 1 atom stereocenters. The molecule has 0 radical (unpaired) electrons. The van der Waals surface area contributed by atoms with Crippen LogP contribution in [0.1, 0.15) is 75.5 Å². The molecular weight excluding hydrogens is 515 g/mol. The van der Waals surface area contributed by atoms with Crippen LogP contribution >= 0.6 is 11.6 Å². The summed E-state index contributed by atoms with van der Waals surface area (Å²) in [6.45, 7) is 11.0. The summed E-state index contributed by atoms with van der Waals surface area (Å²) in [5.41, 5.74) is 4.44. The van der Waals surface area contributed by atoms with Gasteiger partial charge in [0.1, 0.15) is 11.8 Å². The van der Waals surface area contributed by atoms with Crippen molar-refractivity contribution in [2.24, 2.45) is 5.41 Å². The lowest BCUT2D eigenvalue weighted by molar-refractivity contribution is 0.407. The minimum absolute atomic E-state index is 0.0105. The molecule has 202 valence electrons. The Labute approximate surface area is 232 Å². The van der Waals surface area contributed by atoms with E-state index in [9.17, 15) is 9.65 Å². The van der Waals surface area contributed by atoms with Crippen molar-refractivity contribution >= 4 is 33.9 Å². The van der Waals surface area contributed by atoms with E-state index >= 15 is 0 Å². The number of aryl methyl sites for hydroxylation is 1. The lowest BCUT2D eigenvalue weighted by Crippen LogP contribution is -2.20. The number of hydrogen-bond acceptors (Lipinski definition) is 7. The molecule has 0 amide bonds. The lowest BCUT2D eigenvalue weighted by atomic mass is 9.96. The maximum absolute atomic E-state index is 13.9. The zero-order chi connectivity index (χ0) is 27.9. The van der Waals surface area contributed by atoms with Gasteiger partial charge in [-0.15, -0.1) is 5.10 Å². The summed E-state index contributed by atoms with van der Waals surface area (Å²) in [5.74, 6) is -0.542. The van der Waals surface area contributed by atoms with Gasteiger partial charge in [0.15, 0.2) is 0 Å². The Morgan fingerprint density at radius 3 is 2.67 bits per heavy atom. The van der Waals surface area contributed by atoms with Crippen molar-refractivity contribution in [3.05, 3.63) is 70.1 Å². The van der Waals surface area contributed by atoms with Crippen molar-refractivity contribution < 1.29 is 4.39 Å². The molecule has 3 heterocycles. The number of anilines is 2. The van der Waals surface area contributed by atoms with E-state index in [1.54, 1.807) is 25.3 Å². The number of halogens is 2. The third-order valence-electron chi connectivity index (χ3n) is 7.33. The Morgan fingerprint density at radius 1 is 1.26 bits per heavy atom. The first-order valence-electron chi connectivity index (χ1n) is 13.1. The van der Waals surface area contributed by atoms with Crippen LogP contribution in [0.5, 0.6) is 0 Å². The number of rotatable bonds is 8. The molecule has 0 aliphatic heterocycles. The van der Waals surface area contributed by atoms with Gasteiger partial charge in [-0.3, -0.25) is 4.98 Å². The monoisotopic (exact) mass is 546 g/mol. The van der Waals surface area contributed by atoms with Crippen LogP contribution in [-0.4, -0.2) is 31.5 Å². The second-order valence-electron chi connectivity index (χ2n) is 11.5. The molecule has 10 heteroatoms. The third-order valence-corrected chi connectivity index (χ3v) is 7.62. The topological polar surface area (TPSA) is 104 Å². The Bertz CT molecular complexity index is 1580. The van der Waals surface area contributed by atoms with Gasteiger partial charge in [0.2, 0.25) is 5.95 Å². The fourth-order valence-electron chi connectivity index (χ4n) is 4.83. The maximum atomic E-state index is 13.9. The molecule has 1 aromatic carbocycles. The molecule has 1 aliphatic rings. The molecular formula is C29H32ClFN8. The van der Waals surface area contributed by atoms with Gasteiger partial charge in [-0.2, -0.15) is 9.65 Å². The number of nitrogens with one attached hydrogen (secondary N) is 2. The summed E-state index contributed by atoms with van der Waals surface area (Å²) >= 11 is 6.73. The van der Waals surface area contributed by atoms with Gasteiger partial charge in [0, 0.05) is 35.1 Å². The molecule has 8 nitrogen and oxygen atoms in total. The minimum atomic E-state index is -0.542. The van der Waals surface area contributed by atoms with Crippen LogP contribution in [0.25, 0.3) is 10.9 Å². The zero-order valence-electron chi connectivity index (χ0n) is 22.8. The van der Waals surface area contributed by atoms with Gasteiger partial charge >= 0.3 is 0 Å². The smallest absolute Gasteiger partial charge is 0.213 e. The highest BCUT2D eigenvalue weighted by atomic mass is 35.5. The standard InChI is InChI=1S/C29H32ClFN8/c1-6-29(9-10-29)39-15-23(37-38-39)27(20-7-8-24(31)35-17(20)2)36-19-11-21-25(34-16-28(3,4)5)18(13-32)14-33-26(21)22(30)12-19/h7-8,11-12,14-15,27,36H,6,9-10,16H2,1-5H3,(H,33,34). The molecule has 0 spiro atoms. The fraction of sp³-hybridized carbons (Fsp3) is 0.414. The van der Waals surface area contributed by atoms with Gasteiger partial charge in [-0.1, -0.05) is 50.6 Å². The van der Waals surface area contributed by atoms with Crippen molar-refractivity contribution in [2.75, 3.05) is 17.2 Å². The molecule has 1 aliphatic carbocycles. The van der Waals surface area contributed by atoms with Crippen molar-refractivity contribution in [2.45, 2.75) is 65.5 Å². The summed E-state index contributed by atoms with van der Waals surface area (Å²) in [7, 11) is 0. The molecule has 1 fully saturated rings. The Morgan fingerprint density at radius 2 is 2.03 bits per heavy atom. The van der Waals surface area contributed by atoms with E-state index in [-0.39, 0.29) is 11.0 Å². The summed E-state index contributed by atoms with van der Waals surface area (Å²) in [6, 6.07) is 8.57. The number of nitriles is 1. The third kappa shape index (κ3) is 5.39. The molecule has 1 saturated carbocycles. The van der Waals surface area contributed by atoms with Gasteiger partial charge < -0.3 is 10.6 Å². The minimum Gasteiger partial charge on any atom is -0.383 e. The van der Waals surface area contributed by atoms with Gasteiger partial charge in [-0.05, 0) is 49.8 Å². The largest absolute Gasteiger partial charge is 0.383 e. The van der Waals surface area contributed by atoms with E-state index < -0.39 is 12.0 Å². The van der Waals surface area contributed by atoms with Gasteiger partial charge in [0.05, 0.1) is 39.6 Å². The van der Waals surface area contributed by atoms with Crippen LogP contribution in [0.15, 0.2) is 36.7 Å². The van der Waals surface area contributed by atoms with E-state index in [0.717, 1.165) is 30.2 Å². The van der Waals surface area contributed by atoms with Crippen LogP contribution in [0.2, 0.25) is 5.02 Å². The Balaban J connectivity index is 1.60. The van der Waals surface area contributed by atoms with E-state index in [1.807, 2.05) is 16.9 Å². The van der Waals surface area contributed by atoms with E-state index in [1.165, 1.54) is 6.07 Å². The van der Waals surface area contributed by atoms with Crippen LogP contribution in [0.4, 0.5) is 15.8 Å². The molecule has 0 saturated heterocycles. The second kappa shape index (κ2) is 10.1. The van der Waals surface area contributed by atoms with E-state index in [0.29, 0.717) is 45.4 Å². The quantitative estimate of drug-likeness (QED) is 0.235. The molecule has 4 aromatic rings. The number of aromatic nitrogens is 5. The van der Waals surface area contributed by atoms with Gasteiger partial charge in [0.25, 0.3) is 0 Å². The van der Waals surface area contributed by atoms with Gasteiger partial charge in [-0.25, -0.2) is 9.67 Å². The lowest BCUT2D eigenvalue weighted by Gasteiger charge is -2.23. The number of nitrogens with zero attached hydrogens (tertiary/aromatic N) is 6. The highest BCUT2D eigenvalue weighted by Gasteiger charge is 2.44. The predicted octanol–water partition coefficient (Wildman–Crippen LogP) is 6.75. The number of fused-ring (bicyclic) bond motifs is 1. The van der Waals surface area contributed by atoms with Crippen LogP contribution < -0.4 is 10.6 Å². The fourth-order valence-corrected chi connectivity index (χ4v) is 5.09. The molecule has 0 bridgehead atoms. The van der Waals surface area contributed by atoms with Crippen LogP contribution in [0, 0.1) is 29.6 Å². The van der Waals surface area contributed by atoms with Crippen molar-refractivity contribution in [1.29, 1.82) is 5.26 Å². The average Bonchev–Trinajstić information content (AvgIpc) is 3.53. The average molecular weight is 547 g/mol. The Hall–Kier alpha value is -3.77. The molecule has 2 N–H and O–H groups in total. The summed E-state index contributed by atoms with van der Waals surface area (Å²) in [4.78, 5) is 8.52. The first-order chi connectivity index (χ1) is 18.5. The number of benzene rings is 1. The molecule has 5 rings (SSSR count). The first kappa shape index (κ1) is 26.8. The van der Waals surface area contributed by atoms with Crippen molar-refractivity contribution in [3.63, 3.8) is 0 Å². The van der Waals surface area contributed by atoms with E-state index in [4.69, 9.17) is 11.6 Å². The first-order valence-corrected chi connectivity index (χ1v) is 13.5. The number of pyridine rings is 2. The van der Waals surface area contributed by atoms with E-state index in [2.05, 4.69) is 64.7 Å². The summed E-state index contributed by atoms with van der Waals surface area (Å²) < 4.78 is 15.9. The zero-order valence-corrected chi connectivity index (χ0v) is 23.6. The van der Waals surface area contributed by atoms with Crippen LogP contribution in [0.3, 0.4) is 0 Å². The van der Waals surface area contributed by atoms with Crippen LogP contribution in [-0.2, 0) is 5.54 Å².